The van der Waals surface area contributed by atoms with Gasteiger partial charge in [0.2, 0.25) is 0 Å². The number of nitriles is 2. The predicted molar refractivity (Wildman–Crippen MR) is 122 cm³/mol. The van der Waals surface area contributed by atoms with Crippen LogP contribution in [-0.4, -0.2) is 60.9 Å². The van der Waals surface area contributed by atoms with Crippen molar-refractivity contribution in [3.05, 3.63) is 59.7 Å². The summed E-state index contributed by atoms with van der Waals surface area (Å²) in [7, 11) is 0. The van der Waals surface area contributed by atoms with Crippen molar-refractivity contribution >= 4 is 23.2 Å². The molecule has 1 fully saturated rings. The van der Waals surface area contributed by atoms with Gasteiger partial charge in [-0.1, -0.05) is 0 Å². The average Bonchev–Trinajstić information content (AvgIpc) is 2.84. The molecule has 8 nitrogen and oxygen atoms in total. The Balaban J connectivity index is 1.33. The van der Waals surface area contributed by atoms with E-state index in [9.17, 15) is 9.59 Å². The van der Waals surface area contributed by atoms with E-state index in [4.69, 9.17) is 10.5 Å². The number of benzene rings is 2. The van der Waals surface area contributed by atoms with Crippen molar-refractivity contribution in [2.24, 2.45) is 0 Å². The first kappa shape index (κ1) is 22.6. The van der Waals surface area contributed by atoms with Crippen LogP contribution in [0.4, 0.5) is 11.4 Å². The van der Waals surface area contributed by atoms with Crippen LogP contribution in [0.15, 0.2) is 48.5 Å². The zero-order chi connectivity index (χ0) is 22.8. The van der Waals surface area contributed by atoms with Crippen LogP contribution in [0.1, 0.15) is 24.0 Å². The van der Waals surface area contributed by atoms with Crippen LogP contribution in [0, 0.1) is 22.7 Å². The number of hydrogen-bond acceptors (Lipinski definition) is 6. The largest absolute Gasteiger partial charge is 0.385 e. The zero-order valence-electron chi connectivity index (χ0n) is 17.9. The van der Waals surface area contributed by atoms with E-state index in [1.807, 2.05) is 24.3 Å². The molecular formula is C24H26N6O2. The molecule has 0 spiro atoms. The Hall–Kier alpha value is -4.04. The molecule has 0 bridgehead atoms. The van der Waals surface area contributed by atoms with Crippen LogP contribution in [0.25, 0.3) is 0 Å². The standard InChI is InChI=1S/C24H26N6O2/c25-17-19-3-7-21(8-4-19)27-11-1-13-29-15-16-30(24(32)23(29)31)14-2-12-28-22-9-5-20(18-26)6-10-22/h3-10,27-28H,1-2,11-16H2. The van der Waals surface area contributed by atoms with Crippen molar-refractivity contribution in [2.45, 2.75) is 12.8 Å². The Labute approximate surface area is 188 Å². The van der Waals surface area contributed by atoms with Crippen LogP contribution >= 0.6 is 0 Å². The third kappa shape index (κ3) is 6.23. The molecule has 1 saturated heterocycles. The highest BCUT2D eigenvalue weighted by atomic mass is 16.2. The van der Waals surface area contributed by atoms with Crippen LogP contribution in [0.5, 0.6) is 0 Å². The summed E-state index contributed by atoms with van der Waals surface area (Å²) in [5.41, 5.74) is 3.07. The van der Waals surface area contributed by atoms with E-state index in [0.29, 0.717) is 50.4 Å². The monoisotopic (exact) mass is 430 g/mol. The minimum Gasteiger partial charge on any atom is -0.385 e. The number of hydrogen-bond donors (Lipinski definition) is 2. The highest BCUT2D eigenvalue weighted by Gasteiger charge is 2.31. The van der Waals surface area contributed by atoms with Gasteiger partial charge < -0.3 is 20.4 Å². The Bertz CT molecular complexity index is 921. The Morgan fingerprint density at radius 3 is 1.41 bits per heavy atom. The van der Waals surface area contributed by atoms with E-state index in [-0.39, 0.29) is 0 Å². The smallest absolute Gasteiger partial charge is 0.312 e. The fraction of sp³-hybridized carbons (Fsp3) is 0.333. The van der Waals surface area contributed by atoms with Gasteiger partial charge in [-0.15, -0.1) is 0 Å². The van der Waals surface area contributed by atoms with E-state index in [1.165, 1.54) is 0 Å². The number of nitrogens with one attached hydrogen (secondary N) is 2. The molecule has 0 aromatic heterocycles. The maximum atomic E-state index is 12.4. The van der Waals surface area contributed by atoms with Crippen LogP contribution in [-0.2, 0) is 9.59 Å². The fourth-order valence-corrected chi connectivity index (χ4v) is 3.47. The molecule has 0 atom stereocenters. The van der Waals surface area contributed by atoms with E-state index >= 15 is 0 Å². The maximum absolute atomic E-state index is 12.4. The van der Waals surface area contributed by atoms with Crippen LogP contribution in [0.2, 0.25) is 0 Å². The number of carbonyl (C=O) groups excluding carboxylic acids is 2. The second-order valence-corrected chi connectivity index (χ2v) is 7.52. The van der Waals surface area contributed by atoms with Crippen molar-refractivity contribution in [1.82, 2.24) is 9.80 Å². The lowest BCUT2D eigenvalue weighted by Crippen LogP contribution is -2.54. The molecule has 2 amide bonds. The number of nitrogens with zero attached hydrogens (tertiary/aromatic N) is 4. The van der Waals surface area contributed by atoms with Gasteiger partial charge in [0.25, 0.3) is 0 Å². The molecule has 2 aromatic carbocycles. The van der Waals surface area contributed by atoms with Gasteiger partial charge in [-0.05, 0) is 61.4 Å². The summed E-state index contributed by atoms with van der Waals surface area (Å²) >= 11 is 0. The van der Waals surface area contributed by atoms with Gasteiger partial charge in [0.15, 0.2) is 0 Å². The third-order valence-electron chi connectivity index (χ3n) is 5.29. The second kappa shape index (κ2) is 11.4. The maximum Gasteiger partial charge on any atom is 0.312 e. The normalized spacial score (nSPS) is 13.4. The molecular weight excluding hydrogens is 404 g/mol. The Morgan fingerprint density at radius 2 is 1.06 bits per heavy atom. The SMILES string of the molecule is N#Cc1ccc(NCCCN2CCN(CCCNc3ccc(C#N)cc3)C(=O)C2=O)cc1. The van der Waals surface area contributed by atoms with Gasteiger partial charge in [-0.2, -0.15) is 10.5 Å². The van der Waals surface area contributed by atoms with E-state index in [1.54, 1.807) is 34.1 Å². The molecule has 2 aromatic rings. The van der Waals surface area contributed by atoms with Gasteiger partial charge in [0, 0.05) is 50.6 Å². The summed E-state index contributed by atoms with van der Waals surface area (Å²) in [5, 5.41) is 24.2. The molecule has 0 aliphatic carbocycles. The van der Waals surface area contributed by atoms with E-state index in [0.717, 1.165) is 24.2 Å². The minimum absolute atomic E-state index is 0.435. The minimum atomic E-state index is -0.435. The number of anilines is 2. The number of carbonyl (C=O) groups is 2. The predicted octanol–water partition coefficient (Wildman–Crippen LogP) is 2.40. The number of piperazine rings is 1. The highest BCUT2D eigenvalue weighted by molar-refractivity contribution is 6.35. The topological polar surface area (TPSA) is 112 Å². The van der Waals surface area contributed by atoms with Crippen molar-refractivity contribution in [3.8, 4) is 12.1 Å². The van der Waals surface area contributed by atoms with Gasteiger partial charge in [-0.3, -0.25) is 9.59 Å². The second-order valence-electron chi connectivity index (χ2n) is 7.52. The summed E-state index contributed by atoms with van der Waals surface area (Å²) in [5.74, 6) is -0.871. The van der Waals surface area contributed by atoms with Gasteiger partial charge in [-0.25, -0.2) is 0 Å². The van der Waals surface area contributed by atoms with Crippen molar-refractivity contribution in [2.75, 3.05) is 49.9 Å². The molecule has 1 aliphatic rings. The molecule has 1 heterocycles. The molecule has 0 saturated carbocycles. The number of rotatable bonds is 10. The Morgan fingerprint density at radius 1 is 0.688 bits per heavy atom. The molecule has 32 heavy (non-hydrogen) atoms. The third-order valence-corrected chi connectivity index (χ3v) is 5.29. The summed E-state index contributed by atoms with van der Waals surface area (Å²) in [6.45, 7) is 3.50. The fourth-order valence-electron chi connectivity index (χ4n) is 3.47. The molecule has 2 N–H and O–H groups in total. The molecule has 0 unspecified atom stereocenters. The molecule has 3 rings (SSSR count). The number of amides is 2. The van der Waals surface area contributed by atoms with Crippen molar-refractivity contribution in [3.63, 3.8) is 0 Å². The Kier molecular flexibility index (Phi) is 8.05. The van der Waals surface area contributed by atoms with Gasteiger partial charge in [0.05, 0.1) is 23.3 Å². The molecule has 8 heteroatoms. The highest BCUT2D eigenvalue weighted by Crippen LogP contribution is 2.11. The average molecular weight is 431 g/mol. The summed E-state index contributed by atoms with van der Waals surface area (Å²) in [6.07, 6.45) is 1.46. The zero-order valence-corrected chi connectivity index (χ0v) is 17.9. The van der Waals surface area contributed by atoms with Crippen molar-refractivity contribution < 1.29 is 9.59 Å². The molecule has 164 valence electrons. The van der Waals surface area contributed by atoms with Gasteiger partial charge >= 0.3 is 11.8 Å². The van der Waals surface area contributed by atoms with Crippen LogP contribution in [0.3, 0.4) is 0 Å². The summed E-state index contributed by atoms with van der Waals surface area (Å²) < 4.78 is 0. The summed E-state index contributed by atoms with van der Waals surface area (Å²) in [6, 6.07) is 18.6. The summed E-state index contributed by atoms with van der Waals surface area (Å²) in [4.78, 5) is 28.1. The first-order valence-electron chi connectivity index (χ1n) is 10.7. The quantitative estimate of drug-likeness (QED) is 0.442. The first-order valence-corrected chi connectivity index (χ1v) is 10.7. The van der Waals surface area contributed by atoms with Gasteiger partial charge in [0.1, 0.15) is 0 Å². The van der Waals surface area contributed by atoms with E-state index < -0.39 is 11.8 Å². The molecule has 0 radical (unpaired) electrons. The lowest BCUT2D eigenvalue weighted by atomic mass is 10.2. The van der Waals surface area contributed by atoms with Crippen LogP contribution < -0.4 is 10.6 Å². The molecule has 1 aliphatic heterocycles. The lowest BCUT2D eigenvalue weighted by molar-refractivity contribution is -0.156. The van der Waals surface area contributed by atoms with Crippen molar-refractivity contribution in [1.29, 1.82) is 10.5 Å². The van der Waals surface area contributed by atoms with E-state index in [2.05, 4.69) is 22.8 Å². The lowest BCUT2D eigenvalue weighted by Gasteiger charge is -2.33. The first-order chi connectivity index (χ1) is 15.6.